The first-order chi connectivity index (χ1) is 19.1. The number of carboxylic acid groups (broad SMARTS) is 1. The van der Waals surface area contributed by atoms with Crippen molar-refractivity contribution in [3.63, 3.8) is 0 Å². The van der Waals surface area contributed by atoms with Crippen molar-refractivity contribution in [3.8, 4) is 16.9 Å². The molecule has 0 radical (unpaired) electrons. The lowest BCUT2D eigenvalue weighted by atomic mass is 9.63. The van der Waals surface area contributed by atoms with Gasteiger partial charge in [0.15, 0.2) is 0 Å². The lowest BCUT2D eigenvalue weighted by Crippen LogP contribution is -2.48. The van der Waals surface area contributed by atoms with Gasteiger partial charge in [0.1, 0.15) is 11.9 Å². The first-order valence-electron chi connectivity index (χ1n) is 12.8. The summed E-state index contributed by atoms with van der Waals surface area (Å²) in [5, 5.41) is 11.1. The number of aliphatic carboxylic acids is 1. The third-order valence-electron chi connectivity index (χ3n) is 7.35. The first kappa shape index (κ1) is 24.7. The standard InChI is InChI=1S/C35H25ClO3/c36-31-22-25-21-30(34(37)38)33(39-32(25)23-29(31)24-13-5-1-6-14-24)35(26-15-7-2-8-16-26,27-17-9-3-10-18-27)28-19-11-4-12-20-28/h1-23,33H,(H,37,38). The maximum Gasteiger partial charge on any atom is 0.335 e. The van der Waals surface area contributed by atoms with E-state index in [1.54, 1.807) is 12.1 Å². The quantitative estimate of drug-likeness (QED) is 0.226. The van der Waals surface area contributed by atoms with Gasteiger partial charge in [0.2, 0.25) is 0 Å². The van der Waals surface area contributed by atoms with Crippen LogP contribution >= 0.6 is 11.6 Å². The molecule has 4 heteroatoms. The number of hydrogen-bond acceptors (Lipinski definition) is 2. The van der Waals surface area contributed by atoms with Gasteiger partial charge < -0.3 is 9.84 Å². The fourth-order valence-electron chi connectivity index (χ4n) is 5.61. The van der Waals surface area contributed by atoms with Crippen molar-refractivity contribution in [3.05, 3.63) is 166 Å². The molecule has 0 fully saturated rings. The molecule has 190 valence electrons. The molecule has 1 N–H and O–H groups in total. The topological polar surface area (TPSA) is 46.5 Å². The molecule has 5 aromatic carbocycles. The number of fused-ring (bicyclic) bond motifs is 1. The molecule has 3 nitrogen and oxygen atoms in total. The summed E-state index contributed by atoms with van der Waals surface area (Å²) in [6.45, 7) is 0. The van der Waals surface area contributed by atoms with E-state index in [0.717, 1.165) is 27.8 Å². The van der Waals surface area contributed by atoms with E-state index in [-0.39, 0.29) is 5.57 Å². The molecule has 39 heavy (non-hydrogen) atoms. The van der Waals surface area contributed by atoms with Gasteiger partial charge in [-0.2, -0.15) is 0 Å². The van der Waals surface area contributed by atoms with Gasteiger partial charge in [-0.05, 0) is 40.5 Å². The molecule has 5 aromatic rings. The van der Waals surface area contributed by atoms with Crippen molar-refractivity contribution in [1.29, 1.82) is 0 Å². The zero-order chi connectivity index (χ0) is 26.8. The lowest BCUT2D eigenvalue weighted by Gasteiger charge is -2.44. The third kappa shape index (κ3) is 4.31. The number of carboxylic acids is 1. The highest BCUT2D eigenvalue weighted by atomic mass is 35.5. The summed E-state index contributed by atoms with van der Waals surface area (Å²) >= 11 is 6.70. The summed E-state index contributed by atoms with van der Waals surface area (Å²) in [4.78, 5) is 12.9. The van der Waals surface area contributed by atoms with Gasteiger partial charge in [-0.3, -0.25) is 0 Å². The number of ether oxygens (including phenoxy) is 1. The third-order valence-corrected chi connectivity index (χ3v) is 7.66. The van der Waals surface area contributed by atoms with Gasteiger partial charge in [0, 0.05) is 16.1 Å². The largest absolute Gasteiger partial charge is 0.483 e. The molecule has 0 saturated carbocycles. The number of hydrogen-bond donors (Lipinski definition) is 1. The van der Waals surface area contributed by atoms with Crippen LogP contribution in [0.15, 0.2) is 139 Å². The van der Waals surface area contributed by atoms with E-state index < -0.39 is 17.5 Å². The monoisotopic (exact) mass is 528 g/mol. The van der Waals surface area contributed by atoms with E-state index in [1.165, 1.54) is 0 Å². The van der Waals surface area contributed by atoms with E-state index in [4.69, 9.17) is 16.3 Å². The van der Waals surface area contributed by atoms with Gasteiger partial charge in [-0.15, -0.1) is 0 Å². The summed E-state index contributed by atoms with van der Waals surface area (Å²) < 4.78 is 6.84. The van der Waals surface area contributed by atoms with Gasteiger partial charge in [-0.25, -0.2) is 4.79 Å². The van der Waals surface area contributed by atoms with E-state index in [2.05, 4.69) is 0 Å². The second-order valence-electron chi connectivity index (χ2n) is 9.54. The number of rotatable bonds is 6. The van der Waals surface area contributed by atoms with Crippen molar-refractivity contribution >= 4 is 23.6 Å². The summed E-state index contributed by atoms with van der Waals surface area (Å²) in [6, 6.07) is 43.5. The van der Waals surface area contributed by atoms with Crippen LogP contribution in [-0.4, -0.2) is 17.2 Å². The minimum absolute atomic E-state index is 0.155. The molecule has 1 atom stereocenters. The molecule has 1 aliphatic rings. The van der Waals surface area contributed by atoms with Gasteiger partial charge in [0.25, 0.3) is 0 Å². The molecule has 0 aromatic heterocycles. The molecule has 0 bridgehead atoms. The SMILES string of the molecule is O=C(O)C1=Cc2cc(Cl)c(-c3ccccc3)cc2OC1C(c1ccccc1)(c1ccccc1)c1ccccc1. The Hall–Kier alpha value is -4.60. The van der Waals surface area contributed by atoms with Crippen molar-refractivity contribution in [2.75, 3.05) is 0 Å². The molecular formula is C35H25ClO3. The number of carbonyl (C=O) groups is 1. The normalized spacial score (nSPS) is 14.6. The lowest BCUT2D eigenvalue weighted by molar-refractivity contribution is -0.133. The van der Waals surface area contributed by atoms with Crippen LogP contribution in [0.2, 0.25) is 5.02 Å². The molecule has 0 aliphatic carbocycles. The molecule has 0 spiro atoms. The molecule has 0 saturated heterocycles. The van der Waals surface area contributed by atoms with Crippen LogP contribution in [0.4, 0.5) is 0 Å². The van der Waals surface area contributed by atoms with Crippen molar-refractivity contribution < 1.29 is 14.6 Å². The highest BCUT2D eigenvalue weighted by Crippen LogP contribution is 2.49. The highest BCUT2D eigenvalue weighted by molar-refractivity contribution is 6.33. The Balaban J connectivity index is 1.65. The van der Waals surface area contributed by atoms with Gasteiger partial charge in [0.05, 0.1) is 11.0 Å². The Labute approximate surface area is 232 Å². The number of benzene rings is 5. The zero-order valence-corrected chi connectivity index (χ0v) is 21.8. The van der Waals surface area contributed by atoms with Crippen LogP contribution in [0.3, 0.4) is 0 Å². The predicted molar refractivity (Wildman–Crippen MR) is 156 cm³/mol. The summed E-state index contributed by atoms with van der Waals surface area (Å²) in [5.74, 6) is -0.457. The first-order valence-corrected chi connectivity index (χ1v) is 13.1. The fourth-order valence-corrected chi connectivity index (χ4v) is 5.89. The zero-order valence-electron chi connectivity index (χ0n) is 21.0. The fraction of sp³-hybridized carbons (Fsp3) is 0.0571. The summed E-state index contributed by atoms with van der Waals surface area (Å²) in [5.41, 5.74) is 4.41. The average molecular weight is 529 g/mol. The Kier molecular flexibility index (Phi) is 6.52. The molecule has 0 amide bonds. The minimum Gasteiger partial charge on any atom is -0.483 e. The van der Waals surface area contributed by atoms with Gasteiger partial charge in [-0.1, -0.05) is 133 Å². The number of halogens is 1. The van der Waals surface area contributed by atoms with Gasteiger partial charge >= 0.3 is 5.97 Å². The van der Waals surface area contributed by atoms with Crippen LogP contribution in [0.25, 0.3) is 17.2 Å². The van der Waals surface area contributed by atoms with Crippen molar-refractivity contribution in [2.24, 2.45) is 0 Å². The second kappa shape index (κ2) is 10.3. The Morgan fingerprint density at radius 1 is 0.692 bits per heavy atom. The van der Waals surface area contributed by atoms with E-state index in [9.17, 15) is 9.90 Å². The van der Waals surface area contributed by atoms with Crippen molar-refractivity contribution in [2.45, 2.75) is 11.5 Å². The maximum atomic E-state index is 12.9. The molecular weight excluding hydrogens is 504 g/mol. The van der Waals surface area contributed by atoms with Crippen LogP contribution in [-0.2, 0) is 10.2 Å². The van der Waals surface area contributed by atoms with E-state index >= 15 is 0 Å². The Morgan fingerprint density at radius 2 is 1.15 bits per heavy atom. The molecule has 1 heterocycles. The van der Waals surface area contributed by atoms with E-state index in [1.807, 2.05) is 127 Å². The summed E-state index contributed by atoms with van der Waals surface area (Å²) in [7, 11) is 0. The average Bonchev–Trinajstić information content (AvgIpc) is 2.99. The molecule has 1 unspecified atom stereocenters. The maximum absolute atomic E-state index is 12.9. The van der Waals surface area contributed by atoms with Crippen LogP contribution in [0, 0.1) is 0 Å². The molecule has 6 rings (SSSR count). The Morgan fingerprint density at radius 3 is 1.62 bits per heavy atom. The van der Waals surface area contributed by atoms with Crippen LogP contribution in [0.5, 0.6) is 5.75 Å². The van der Waals surface area contributed by atoms with Crippen LogP contribution in [0.1, 0.15) is 22.3 Å². The molecule has 1 aliphatic heterocycles. The van der Waals surface area contributed by atoms with Crippen LogP contribution < -0.4 is 4.74 Å². The predicted octanol–water partition coefficient (Wildman–Crippen LogP) is 8.27. The minimum atomic E-state index is -1.04. The Bertz CT molecular complexity index is 1550. The summed E-state index contributed by atoms with van der Waals surface area (Å²) in [6.07, 6.45) is 0.829. The smallest absolute Gasteiger partial charge is 0.335 e. The second-order valence-corrected chi connectivity index (χ2v) is 9.95. The van der Waals surface area contributed by atoms with E-state index in [0.29, 0.717) is 16.3 Å². The van der Waals surface area contributed by atoms with Crippen molar-refractivity contribution in [1.82, 2.24) is 0 Å². The highest BCUT2D eigenvalue weighted by Gasteiger charge is 2.50.